The SMILES string of the molecule is CC(C)n1ccnc1Cn1ccnc1-c1ccc(OCCO)cc1. The molecular weight excluding hydrogens is 304 g/mol. The van der Waals surface area contributed by atoms with Gasteiger partial charge in [0.15, 0.2) is 0 Å². The predicted molar refractivity (Wildman–Crippen MR) is 92.0 cm³/mol. The van der Waals surface area contributed by atoms with E-state index in [0.29, 0.717) is 19.2 Å². The topological polar surface area (TPSA) is 65.1 Å². The van der Waals surface area contributed by atoms with Gasteiger partial charge in [0.05, 0.1) is 13.2 Å². The first-order valence-corrected chi connectivity index (χ1v) is 8.06. The molecule has 0 amide bonds. The first kappa shape index (κ1) is 16.3. The van der Waals surface area contributed by atoms with Gasteiger partial charge in [0.1, 0.15) is 24.0 Å². The second-order valence-electron chi connectivity index (χ2n) is 5.82. The summed E-state index contributed by atoms with van der Waals surface area (Å²) < 4.78 is 9.64. The van der Waals surface area contributed by atoms with Crippen LogP contribution in [-0.2, 0) is 6.54 Å². The molecule has 126 valence electrons. The van der Waals surface area contributed by atoms with Crippen LogP contribution < -0.4 is 4.74 Å². The Labute approximate surface area is 141 Å². The maximum Gasteiger partial charge on any atom is 0.140 e. The molecule has 1 N–H and O–H groups in total. The van der Waals surface area contributed by atoms with Crippen molar-refractivity contribution >= 4 is 0 Å². The van der Waals surface area contributed by atoms with E-state index >= 15 is 0 Å². The second kappa shape index (κ2) is 7.31. The van der Waals surface area contributed by atoms with Gasteiger partial charge in [-0.2, -0.15) is 0 Å². The molecule has 24 heavy (non-hydrogen) atoms. The molecule has 0 saturated carbocycles. The van der Waals surface area contributed by atoms with E-state index in [9.17, 15) is 0 Å². The first-order valence-electron chi connectivity index (χ1n) is 8.06. The number of ether oxygens (including phenoxy) is 1. The van der Waals surface area contributed by atoms with Crippen molar-refractivity contribution in [2.75, 3.05) is 13.2 Å². The van der Waals surface area contributed by atoms with Crippen LogP contribution in [0.2, 0.25) is 0 Å². The van der Waals surface area contributed by atoms with Crippen molar-refractivity contribution in [3.05, 3.63) is 54.9 Å². The van der Waals surface area contributed by atoms with Gasteiger partial charge in [0, 0.05) is 36.4 Å². The van der Waals surface area contributed by atoms with Crippen LogP contribution in [0, 0.1) is 0 Å². The molecule has 0 unspecified atom stereocenters. The van der Waals surface area contributed by atoms with E-state index in [1.807, 2.05) is 42.9 Å². The number of aliphatic hydroxyl groups excluding tert-OH is 1. The number of aromatic nitrogens is 4. The Balaban J connectivity index is 1.81. The number of nitrogens with zero attached hydrogens (tertiary/aromatic N) is 4. The minimum absolute atomic E-state index is 0.00859. The van der Waals surface area contributed by atoms with Crippen LogP contribution in [0.1, 0.15) is 25.7 Å². The molecule has 0 spiro atoms. The lowest BCUT2D eigenvalue weighted by atomic mass is 10.2. The van der Waals surface area contributed by atoms with Crippen LogP contribution >= 0.6 is 0 Å². The Morgan fingerprint density at radius 3 is 2.54 bits per heavy atom. The maximum atomic E-state index is 8.81. The van der Waals surface area contributed by atoms with Crippen LogP contribution in [0.5, 0.6) is 5.75 Å². The highest BCUT2D eigenvalue weighted by Gasteiger charge is 2.11. The molecule has 6 nitrogen and oxygen atoms in total. The number of aliphatic hydroxyl groups is 1. The smallest absolute Gasteiger partial charge is 0.140 e. The van der Waals surface area contributed by atoms with Gasteiger partial charge in [-0.1, -0.05) is 0 Å². The van der Waals surface area contributed by atoms with Gasteiger partial charge in [-0.3, -0.25) is 0 Å². The third-order valence-electron chi connectivity index (χ3n) is 3.80. The van der Waals surface area contributed by atoms with Crippen molar-refractivity contribution in [3.8, 4) is 17.1 Å². The van der Waals surface area contributed by atoms with E-state index in [4.69, 9.17) is 9.84 Å². The molecule has 0 atom stereocenters. The zero-order valence-corrected chi connectivity index (χ0v) is 14.0. The largest absolute Gasteiger partial charge is 0.491 e. The summed E-state index contributed by atoms with van der Waals surface area (Å²) in [7, 11) is 0. The summed E-state index contributed by atoms with van der Waals surface area (Å²) in [6, 6.07) is 8.09. The highest BCUT2D eigenvalue weighted by atomic mass is 16.5. The quantitative estimate of drug-likeness (QED) is 0.725. The summed E-state index contributed by atoms with van der Waals surface area (Å²) in [5, 5.41) is 8.81. The number of hydrogen-bond acceptors (Lipinski definition) is 4. The molecule has 0 bridgehead atoms. The van der Waals surface area contributed by atoms with Crippen LogP contribution in [0.15, 0.2) is 49.1 Å². The van der Waals surface area contributed by atoms with Gasteiger partial charge in [-0.15, -0.1) is 0 Å². The molecule has 0 aliphatic carbocycles. The molecule has 3 rings (SSSR count). The van der Waals surface area contributed by atoms with Gasteiger partial charge in [-0.05, 0) is 38.1 Å². The molecule has 3 aromatic rings. The molecule has 2 aromatic heterocycles. The van der Waals surface area contributed by atoms with E-state index in [1.54, 1.807) is 6.20 Å². The van der Waals surface area contributed by atoms with Crippen molar-refractivity contribution in [3.63, 3.8) is 0 Å². The highest BCUT2D eigenvalue weighted by molar-refractivity contribution is 5.57. The fourth-order valence-corrected chi connectivity index (χ4v) is 2.65. The molecule has 6 heteroatoms. The van der Waals surface area contributed by atoms with Crippen molar-refractivity contribution in [1.82, 2.24) is 19.1 Å². The average Bonchev–Trinajstić information content (AvgIpc) is 3.23. The van der Waals surface area contributed by atoms with E-state index in [-0.39, 0.29) is 6.61 Å². The van der Waals surface area contributed by atoms with Gasteiger partial charge < -0.3 is 19.0 Å². The number of benzene rings is 1. The monoisotopic (exact) mass is 326 g/mol. The molecule has 0 radical (unpaired) electrons. The first-order chi connectivity index (χ1) is 11.7. The van der Waals surface area contributed by atoms with E-state index < -0.39 is 0 Å². The van der Waals surface area contributed by atoms with Crippen LogP contribution in [0.3, 0.4) is 0 Å². The van der Waals surface area contributed by atoms with Gasteiger partial charge in [-0.25, -0.2) is 9.97 Å². The highest BCUT2D eigenvalue weighted by Crippen LogP contribution is 2.22. The van der Waals surface area contributed by atoms with Gasteiger partial charge in [0.25, 0.3) is 0 Å². The summed E-state index contributed by atoms with van der Waals surface area (Å²) in [5.41, 5.74) is 1.01. The van der Waals surface area contributed by atoms with Crippen molar-refractivity contribution < 1.29 is 9.84 Å². The Morgan fingerprint density at radius 2 is 1.83 bits per heavy atom. The third kappa shape index (κ3) is 3.49. The minimum atomic E-state index is 0.00859. The average molecular weight is 326 g/mol. The normalized spacial score (nSPS) is 11.2. The molecule has 0 aliphatic rings. The molecule has 0 fully saturated rings. The number of imidazole rings is 2. The Morgan fingerprint density at radius 1 is 1.08 bits per heavy atom. The van der Waals surface area contributed by atoms with Crippen LogP contribution in [0.4, 0.5) is 0 Å². The maximum absolute atomic E-state index is 8.81. The molecule has 0 saturated heterocycles. The Kier molecular flexibility index (Phi) is 4.96. The van der Waals surface area contributed by atoms with E-state index in [2.05, 4.69) is 32.9 Å². The standard InChI is InChI=1S/C18H22N4O2/c1-14(2)22-10-8-19-17(22)13-21-9-7-20-18(21)15-3-5-16(6-4-15)24-12-11-23/h3-10,14,23H,11-13H2,1-2H3. The van der Waals surface area contributed by atoms with Crippen LogP contribution in [0.25, 0.3) is 11.4 Å². The lowest BCUT2D eigenvalue weighted by molar-refractivity contribution is 0.201. The van der Waals surface area contributed by atoms with Crippen molar-refractivity contribution in [1.29, 1.82) is 0 Å². The summed E-state index contributed by atoms with van der Waals surface area (Å²) in [4.78, 5) is 8.94. The van der Waals surface area contributed by atoms with Crippen LogP contribution in [-0.4, -0.2) is 37.4 Å². The van der Waals surface area contributed by atoms with Gasteiger partial charge >= 0.3 is 0 Å². The van der Waals surface area contributed by atoms with E-state index in [0.717, 1.165) is 23.0 Å². The molecule has 0 aliphatic heterocycles. The number of rotatable bonds is 7. The fraction of sp³-hybridized carbons (Fsp3) is 0.333. The minimum Gasteiger partial charge on any atom is -0.491 e. The zero-order chi connectivity index (χ0) is 16.9. The molecular formula is C18H22N4O2. The van der Waals surface area contributed by atoms with Crippen molar-refractivity contribution in [2.45, 2.75) is 26.4 Å². The lowest BCUT2D eigenvalue weighted by Gasteiger charge is -2.13. The zero-order valence-electron chi connectivity index (χ0n) is 14.0. The summed E-state index contributed by atoms with van der Waals surface area (Å²) in [5.74, 6) is 2.63. The summed E-state index contributed by atoms with van der Waals surface area (Å²) in [6.45, 7) is 5.26. The predicted octanol–water partition coefficient (Wildman–Crippen LogP) is 2.75. The number of hydrogen-bond donors (Lipinski definition) is 1. The third-order valence-corrected chi connectivity index (χ3v) is 3.80. The van der Waals surface area contributed by atoms with Crippen molar-refractivity contribution in [2.24, 2.45) is 0 Å². The Hall–Kier alpha value is -2.60. The fourth-order valence-electron chi connectivity index (χ4n) is 2.65. The summed E-state index contributed by atoms with van der Waals surface area (Å²) in [6.07, 6.45) is 7.60. The Bertz CT molecular complexity index is 774. The lowest BCUT2D eigenvalue weighted by Crippen LogP contribution is -2.10. The van der Waals surface area contributed by atoms with E-state index in [1.165, 1.54) is 0 Å². The molecule has 1 aromatic carbocycles. The summed E-state index contributed by atoms with van der Waals surface area (Å²) >= 11 is 0. The second-order valence-corrected chi connectivity index (χ2v) is 5.82. The molecule has 2 heterocycles. The van der Waals surface area contributed by atoms with Gasteiger partial charge in [0.2, 0.25) is 0 Å².